The molecule has 0 bridgehead atoms. The van der Waals surface area contributed by atoms with Gasteiger partial charge in [0.25, 0.3) is 0 Å². The van der Waals surface area contributed by atoms with E-state index >= 15 is 0 Å². The van der Waals surface area contributed by atoms with Crippen molar-refractivity contribution in [2.75, 3.05) is 18.1 Å². The topological polar surface area (TPSA) is 82.8 Å². The number of hydrogen-bond donors (Lipinski definition) is 1. The van der Waals surface area contributed by atoms with Crippen LogP contribution in [-0.2, 0) is 9.84 Å². The van der Waals surface area contributed by atoms with E-state index in [1.54, 1.807) is 26.0 Å². The van der Waals surface area contributed by atoms with Gasteiger partial charge in [-0.3, -0.25) is 0 Å². The molecular formula is C11H15N3O2S. The molecule has 0 aliphatic rings. The van der Waals surface area contributed by atoms with Crippen LogP contribution in [0.4, 0.5) is 5.69 Å². The Morgan fingerprint density at radius 3 is 2.53 bits per heavy atom. The van der Waals surface area contributed by atoms with Crippen molar-refractivity contribution in [1.82, 2.24) is 4.98 Å². The van der Waals surface area contributed by atoms with Gasteiger partial charge in [0.15, 0.2) is 9.84 Å². The van der Waals surface area contributed by atoms with Gasteiger partial charge < -0.3 is 5.32 Å². The van der Waals surface area contributed by atoms with Gasteiger partial charge in [0, 0.05) is 12.8 Å². The summed E-state index contributed by atoms with van der Waals surface area (Å²) in [5.41, 5.74) is 1.03. The van der Waals surface area contributed by atoms with E-state index in [-0.39, 0.29) is 0 Å². The molecule has 0 radical (unpaired) electrons. The van der Waals surface area contributed by atoms with E-state index in [2.05, 4.69) is 10.3 Å². The zero-order chi connectivity index (χ0) is 13.1. The fourth-order valence-corrected chi connectivity index (χ4v) is 1.34. The SMILES string of the molecule is CC(C)(CNc1ccc(C#N)nc1)S(C)(=O)=O. The quantitative estimate of drug-likeness (QED) is 0.871. The predicted molar refractivity (Wildman–Crippen MR) is 66.4 cm³/mol. The van der Waals surface area contributed by atoms with Gasteiger partial charge in [-0.05, 0) is 26.0 Å². The first-order chi connectivity index (χ1) is 7.76. The molecule has 0 fully saturated rings. The molecular weight excluding hydrogens is 238 g/mol. The highest BCUT2D eigenvalue weighted by Gasteiger charge is 2.29. The molecule has 92 valence electrons. The average Bonchev–Trinajstić information content (AvgIpc) is 2.25. The van der Waals surface area contributed by atoms with Crippen LogP contribution in [0.1, 0.15) is 19.5 Å². The fourth-order valence-electron chi connectivity index (χ4n) is 1.01. The number of pyridine rings is 1. The van der Waals surface area contributed by atoms with E-state index in [0.717, 1.165) is 0 Å². The third-order valence-electron chi connectivity index (χ3n) is 2.60. The van der Waals surface area contributed by atoms with Crippen LogP contribution >= 0.6 is 0 Å². The normalized spacial score (nSPS) is 11.9. The van der Waals surface area contributed by atoms with Crippen molar-refractivity contribution in [2.45, 2.75) is 18.6 Å². The molecule has 1 heterocycles. The summed E-state index contributed by atoms with van der Waals surface area (Å²) in [7, 11) is -3.12. The van der Waals surface area contributed by atoms with Crippen molar-refractivity contribution in [3.8, 4) is 6.07 Å². The molecule has 0 saturated carbocycles. The minimum absolute atomic E-state index is 0.291. The Morgan fingerprint density at radius 2 is 2.12 bits per heavy atom. The Hall–Kier alpha value is -1.61. The number of hydrogen-bond acceptors (Lipinski definition) is 5. The lowest BCUT2D eigenvalue weighted by molar-refractivity contribution is 0.560. The molecule has 1 aromatic heterocycles. The summed E-state index contributed by atoms with van der Waals surface area (Å²) < 4.78 is 22.1. The number of anilines is 1. The highest BCUT2D eigenvalue weighted by molar-refractivity contribution is 7.92. The Morgan fingerprint density at radius 1 is 1.47 bits per heavy atom. The van der Waals surface area contributed by atoms with Crippen molar-refractivity contribution < 1.29 is 8.42 Å². The molecule has 0 saturated heterocycles. The van der Waals surface area contributed by atoms with Crippen LogP contribution in [0.25, 0.3) is 0 Å². The molecule has 0 aromatic carbocycles. The standard InChI is InChI=1S/C11H15N3O2S/c1-11(2,17(3,15)16)8-14-10-5-4-9(6-12)13-7-10/h4-5,7,14H,8H2,1-3H3. The Bertz CT molecular complexity index is 527. The third kappa shape index (κ3) is 3.43. The minimum atomic E-state index is -3.12. The Kier molecular flexibility index (Phi) is 3.73. The highest BCUT2D eigenvalue weighted by Crippen LogP contribution is 2.16. The monoisotopic (exact) mass is 253 g/mol. The largest absolute Gasteiger partial charge is 0.382 e. The summed E-state index contributed by atoms with van der Waals surface area (Å²) in [5.74, 6) is 0. The van der Waals surface area contributed by atoms with Crippen LogP contribution in [0.5, 0.6) is 0 Å². The van der Waals surface area contributed by atoms with Gasteiger partial charge in [-0.15, -0.1) is 0 Å². The maximum atomic E-state index is 11.5. The maximum absolute atomic E-state index is 11.5. The average molecular weight is 253 g/mol. The van der Waals surface area contributed by atoms with Gasteiger partial charge in [0.05, 0.1) is 16.6 Å². The van der Waals surface area contributed by atoms with Gasteiger partial charge >= 0.3 is 0 Å². The molecule has 5 nitrogen and oxygen atoms in total. The van der Waals surface area contributed by atoms with Crippen molar-refractivity contribution in [1.29, 1.82) is 5.26 Å². The minimum Gasteiger partial charge on any atom is -0.382 e. The van der Waals surface area contributed by atoms with E-state index in [1.165, 1.54) is 12.5 Å². The number of nitrogens with one attached hydrogen (secondary N) is 1. The van der Waals surface area contributed by atoms with Gasteiger partial charge in [-0.1, -0.05) is 0 Å². The van der Waals surface area contributed by atoms with Crippen LogP contribution in [0.15, 0.2) is 18.3 Å². The van der Waals surface area contributed by atoms with E-state index in [4.69, 9.17) is 5.26 Å². The van der Waals surface area contributed by atoms with Crippen LogP contribution in [-0.4, -0.2) is 30.9 Å². The van der Waals surface area contributed by atoms with E-state index < -0.39 is 14.6 Å². The molecule has 0 amide bonds. The number of aromatic nitrogens is 1. The first kappa shape index (κ1) is 13.5. The summed E-state index contributed by atoms with van der Waals surface area (Å²) in [4.78, 5) is 3.89. The third-order valence-corrected chi connectivity index (χ3v) is 4.75. The summed E-state index contributed by atoms with van der Waals surface area (Å²) in [5, 5.41) is 11.6. The molecule has 1 N–H and O–H groups in total. The van der Waals surface area contributed by atoms with Crippen LogP contribution in [0.2, 0.25) is 0 Å². The van der Waals surface area contributed by atoms with E-state index in [9.17, 15) is 8.42 Å². The van der Waals surface area contributed by atoms with Crippen molar-refractivity contribution in [2.24, 2.45) is 0 Å². The first-order valence-corrected chi connectivity index (χ1v) is 6.95. The summed E-state index contributed by atoms with van der Waals surface area (Å²) in [6.07, 6.45) is 2.72. The molecule has 0 unspecified atom stereocenters. The van der Waals surface area contributed by atoms with Gasteiger partial charge in [-0.25, -0.2) is 13.4 Å². The zero-order valence-electron chi connectivity index (χ0n) is 10.1. The van der Waals surface area contributed by atoms with E-state index in [1.807, 2.05) is 6.07 Å². The van der Waals surface area contributed by atoms with Gasteiger partial charge in [0.2, 0.25) is 0 Å². The molecule has 0 aliphatic carbocycles. The molecule has 0 aliphatic heterocycles. The van der Waals surface area contributed by atoms with Crippen LogP contribution < -0.4 is 5.32 Å². The Balaban J connectivity index is 2.72. The van der Waals surface area contributed by atoms with Crippen LogP contribution in [0, 0.1) is 11.3 Å². The first-order valence-electron chi connectivity index (χ1n) is 5.06. The Labute approximate surface area is 101 Å². The number of nitriles is 1. The molecule has 0 atom stereocenters. The summed E-state index contributed by atoms with van der Waals surface area (Å²) in [6, 6.07) is 5.19. The second kappa shape index (κ2) is 4.72. The predicted octanol–water partition coefficient (Wildman–Crippen LogP) is 1.19. The fraction of sp³-hybridized carbons (Fsp3) is 0.455. The molecule has 1 rings (SSSR count). The molecule has 17 heavy (non-hydrogen) atoms. The van der Waals surface area contributed by atoms with Crippen molar-refractivity contribution in [3.05, 3.63) is 24.0 Å². The molecule has 1 aromatic rings. The lowest BCUT2D eigenvalue weighted by Crippen LogP contribution is -2.38. The second-order valence-corrected chi connectivity index (χ2v) is 7.08. The number of nitrogens with zero attached hydrogens (tertiary/aromatic N) is 2. The van der Waals surface area contributed by atoms with Crippen molar-refractivity contribution >= 4 is 15.5 Å². The molecule has 0 spiro atoms. The number of rotatable bonds is 4. The second-order valence-electron chi connectivity index (χ2n) is 4.43. The summed E-state index contributed by atoms with van der Waals surface area (Å²) in [6.45, 7) is 3.61. The molecule has 6 heteroatoms. The number of sulfone groups is 1. The van der Waals surface area contributed by atoms with E-state index in [0.29, 0.717) is 17.9 Å². The van der Waals surface area contributed by atoms with Gasteiger partial charge in [-0.2, -0.15) is 5.26 Å². The zero-order valence-corrected chi connectivity index (χ0v) is 10.9. The highest BCUT2D eigenvalue weighted by atomic mass is 32.2. The maximum Gasteiger partial charge on any atom is 0.154 e. The smallest absolute Gasteiger partial charge is 0.154 e. The summed E-state index contributed by atoms with van der Waals surface area (Å²) >= 11 is 0. The van der Waals surface area contributed by atoms with Crippen LogP contribution in [0.3, 0.4) is 0 Å². The van der Waals surface area contributed by atoms with Gasteiger partial charge in [0.1, 0.15) is 11.8 Å². The lowest BCUT2D eigenvalue weighted by atomic mass is 10.2. The van der Waals surface area contributed by atoms with Crippen molar-refractivity contribution in [3.63, 3.8) is 0 Å². The lowest BCUT2D eigenvalue weighted by Gasteiger charge is -2.23.